The first-order chi connectivity index (χ1) is 9.41. The molecule has 110 valence electrons. The van der Waals surface area contributed by atoms with E-state index in [-0.39, 0.29) is 11.6 Å². The molecule has 1 atom stereocenters. The summed E-state index contributed by atoms with van der Waals surface area (Å²) in [4.78, 5) is 16.0. The Hall–Kier alpha value is -1.62. The maximum Gasteiger partial charge on any atom is 0.339 e. The Morgan fingerprint density at radius 3 is 2.85 bits per heavy atom. The van der Waals surface area contributed by atoms with Crippen LogP contribution in [-0.2, 0) is 9.47 Å². The number of carbonyl (C=O) groups is 1. The van der Waals surface area contributed by atoms with Crippen LogP contribution in [0.25, 0.3) is 0 Å². The van der Waals surface area contributed by atoms with Crippen molar-refractivity contribution in [1.82, 2.24) is 4.98 Å². The Kier molecular flexibility index (Phi) is 4.28. The normalized spacial score (nSPS) is 21.3. The van der Waals surface area contributed by atoms with Gasteiger partial charge in [-0.25, -0.2) is 9.78 Å². The van der Waals surface area contributed by atoms with Crippen LogP contribution in [0.1, 0.15) is 42.7 Å². The van der Waals surface area contributed by atoms with E-state index in [0.29, 0.717) is 17.3 Å². The molecule has 1 aliphatic heterocycles. The van der Waals surface area contributed by atoms with Crippen LogP contribution in [0.5, 0.6) is 0 Å². The molecule has 0 aliphatic carbocycles. The van der Waals surface area contributed by atoms with Crippen molar-refractivity contribution in [1.29, 1.82) is 0 Å². The van der Waals surface area contributed by atoms with Crippen molar-refractivity contribution < 1.29 is 14.3 Å². The third-order valence-corrected chi connectivity index (χ3v) is 3.54. The van der Waals surface area contributed by atoms with Gasteiger partial charge >= 0.3 is 5.97 Å². The minimum absolute atomic E-state index is 0.100. The summed E-state index contributed by atoms with van der Waals surface area (Å²) < 4.78 is 10.4. The first-order valence-corrected chi connectivity index (χ1v) is 6.88. The maximum atomic E-state index is 11.5. The van der Waals surface area contributed by atoms with Crippen LogP contribution in [0, 0.1) is 6.92 Å². The third kappa shape index (κ3) is 3.48. The van der Waals surface area contributed by atoms with Gasteiger partial charge in [-0.2, -0.15) is 0 Å². The number of methoxy groups -OCH3 is 1. The molecule has 5 nitrogen and oxygen atoms in total. The van der Waals surface area contributed by atoms with Gasteiger partial charge in [-0.3, -0.25) is 0 Å². The SMILES string of the molecule is COC(=O)c1ccc(NC2CCOC(C)(C)C2)nc1C. The number of hydrogen-bond donors (Lipinski definition) is 1. The fourth-order valence-electron chi connectivity index (χ4n) is 2.53. The van der Waals surface area contributed by atoms with Gasteiger partial charge < -0.3 is 14.8 Å². The Morgan fingerprint density at radius 1 is 1.50 bits per heavy atom. The minimum atomic E-state index is -0.353. The second-order valence-electron chi connectivity index (χ2n) is 5.76. The largest absolute Gasteiger partial charge is 0.465 e. The topological polar surface area (TPSA) is 60.5 Å². The molecule has 1 aliphatic rings. The summed E-state index contributed by atoms with van der Waals surface area (Å²) in [5.41, 5.74) is 1.08. The number of anilines is 1. The second-order valence-corrected chi connectivity index (χ2v) is 5.76. The maximum absolute atomic E-state index is 11.5. The van der Waals surface area contributed by atoms with Crippen LogP contribution in [0.2, 0.25) is 0 Å². The quantitative estimate of drug-likeness (QED) is 0.861. The molecule has 0 spiro atoms. The molecule has 0 amide bonds. The van der Waals surface area contributed by atoms with E-state index in [4.69, 9.17) is 9.47 Å². The summed E-state index contributed by atoms with van der Waals surface area (Å²) >= 11 is 0. The number of pyridine rings is 1. The van der Waals surface area contributed by atoms with Crippen molar-refractivity contribution >= 4 is 11.8 Å². The van der Waals surface area contributed by atoms with E-state index >= 15 is 0 Å². The lowest BCUT2D eigenvalue weighted by molar-refractivity contribution is -0.0553. The van der Waals surface area contributed by atoms with Crippen molar-refractivity contribution in [2.45, 2.75) is 45.3 Å². The lowest BCUT2D eigenvalue weighted by Gasteiger charge is -2.36. The summed E-state index contributed by atoms with van der Waals surface area (Å²) in [5, 5.41) is 3.42. The van der Waals surface area contributed by atoms with Crippen LogP contribution in [0.4, 0.5) is 5.82 Å². The summed E-state index contributed by atoms with van der Waals surface area (Å²) in [6.07, 6.45) is 1.90. The first kappa shape index (κ1) is 14.8. The predicted molar refractivity (Wildman–Crippen MR) is 77.0 cm³/mol. The smallest absolute Gasteiger partial charge is 0.339 e. The molecule has 5 heteroatoms. The molecule has 1 fully saturated rings. The van der Waals surface area contributed by atoms with Crippen molar-refractivity contribution in [3.8, 4) is 0 Å². The molecule has 0 radical (unpaired) electrons. The fraction of sp³-hybridized carbons (Fsp3) is 0.600. The minimum Gasteiger partial charge on any atom is -0.465 e. The average molecular weight is 278 g/mol. The highest BCUT2D eigenvalue weighted by atomic mass is 16.5. The van der Waals surface area contributed by atoms with Crippen molar-refractivity contribution in [3.05, 3.63) is 23.4 Å². The van der Waals surface area contributed by atoms with Gasteiger partial charge in [-0.1, -0.05) is 0 Å². The highest BCUT2D eigenvalue weighted by Crippen LogP contribution is 2.26. The monoisotopic (exact) mass is 278 g/mol. The number of carbonyl (C=O) groups excluding carboxylic acids is 1. The summed E-state index contributed by atoms with van der Waals surface area (Å²) in [7, 11) is 1.37. The number of ether oxygens (including phenoxy) is 2. The summed E-state index contributed by atoms with van der Waals surface area (Å²) in [6.45, 7) is 6.76. The van der Waals surface area contributed by atoms with Gasteiger partial charge in [0.15, 0.2) is 0 Å². The Balaban J connectivity index is 2.07. The van der Waals surface area contributed by atoms with E-state index < -0.39 is 0 Å². The van der Waals surface area contributed by atoms with Crippen LogP contribution in [0.15, 0.2) is 12.1 Å². The van der Waals surface area contributed by atoms with E-state index in [0.717, 1.165) is 25.3 Å². The molecule has 0 aromatic carbocycles. The second kappa shape index (κ2) is 5.79. The van der Waals surface area contributed by atoms with Gasteiger partial charge in [0.25, 0.3) is 0 Å². The van der Waals surface area contributed by atoms with Crippen LogP contribution in [0.3, 0.4) is 0 Å². The van der Waals surface area contributed by atoms with Gasteiger partial charge in [0.05, 0.1) is 24.0 Å². The number of esters is 1. The lowest BCUT2D eigenvalue weighted by atomic mass is 9.94. The molecule has 2 rings (SSSR count). The molecule has 1 aromatic rings. The zero-order valence-corrected chi connectivity index (χ0v) is 12.5. The predicted octanol–water partition coefficient (Wildman–Crippen LogP) is 2.55. The zero-order chi connectivity index (χ0) is 14.8. The number of hydrogen-bond acceptors (Lipinski definition) is 5. The zero-order valence-electron chi connectivity index (χ0n) is 12.5. The van der Waals surface area contributed by atoms with Gasteiger partial charge in [-0.15, -0.1) is 0 Å². The average Bonchev–Trinajstić information content (AvgIpc) is 2.37. The lowest BCUT2D eigenvalue weighted by Crippen LogP contribution is -2.40. The van der Waals surface area contributed by atoms with E-state index in [2.05, 4.69) is 24.1 Å². The van der Waals surface area contributed by atoms with E-state index in [1.165, 1.54) is 7.11 Å². The Labute approximate surface area is 119 Å². The Bertz CT molecular complexity index is 500. The molecular weight excluding hydrogens is 256 g/mol. The molecule has 0 bridgehead atoms. The number of aryl methyl sites for hydroxylation is 1. The first-order valence-electron chi connectivity index (χ1n) is 6.88. The number of nitrogens with one attached hydrogen (secondary N) is 1. The van der Waals surface area contributed by atoms with Gasteiger partial charge in [0.1, 0.15) is 5.82 Å². The highest BCUT2D eigenvalue weighted by molar-refractivity contribution is 5.90. The van der Waals surface area contributed by atoms with Crippen LogP contribution in [-0.4, -0.2) is 36.3 Å². The van der Waals surface area contributed by atoms with Crippen LogP contribution < -0.4 is 5.32 Å². The highest BCUT2D eigenvalue weighted by Gasteiger charge is 2.28. The molecule has 2 heterocycles. The molecule has 1 saturated heterocycles. The van der Waals surface area contributed by atoms with Gasteiger partial charge in [-0.05, 0) is 45.7 Å². The Morgan fingerprint density at radius 2 is 2.25 bits per heavy atom. The molecular formula is C15H22N2O3. The summed E-state index contributed by atoms with van der Waals surface area (Å²) in [5.74, 6) is 0.437. The van der Waals surface area contributed by atoms with Gasteiger partial charge in [0.2, 0.25) is 0 Å². The molecule has 0 saturated carbocycles. The molecule has 1 N–H and O–H groups in total. The van der Waals surface area contributed by atoms with E-state index in [1.54, 1.807) is 6.07 Å². The standard InChI is InChI=1S/C15H22N2O3/c1-10-12(14(18)19-4)5-6-13(16-10)17-11-7-8-20-15(2,3)9-11/h5-6,11H,7-9H2,1-4H3,(H,16,17). The third-order valence-electron chi connectivity index (χ3n) is 3.54. The van der Waals surface area contributed by atoms with E-state index in [9.17, 15) is 4.79 Å². The van der Waals surface area contributed by atoms with Crippen molar-refractivity contribution in [2.24, 2.45) is 0 Å². The fourth-order valence-corrected chi connectivity index (χ4v) is 2.53. The molecule has 20 heavy (non-hydrogen) atoms. The molecule has 1 unspecified atom stereocenters. The number of nitrogens with zero attached hydrogens (tertiary/aromatic N) is 1. The number of aromatic nitrogens is 1. The van der Waals surface area contributed by atoms with E-state index in [1.807, 2.05) is 13.0 Å². The number of rotatable bonds is 3. The van der Waals surface area contributed by atoms with Crippen molar-refractivity contribution in [3.63, 3.8) is 0 Å². The van der Waals surface area contributed by atoms with Gasteiger partial charge in [0, 0.05) is 12.6 Å². The van der Waals surface area contributed by atoms with Crippen LogP contribution >= 0.6 is 0 Å². The van der Waals surface area contributed by atoms with Crippen molar-refractivity contribution in [2.75, 3.05) is 19.0 Å². The molecule has 1 aromatic heterocycles. The summed E-state index contributed by atoms with van der Waals surface area (Å²) in [6, 6.07) is 3.91.